The molecule has 0 aliphatic carbocycles. The van der Waals surface area contributed by atoms with E-state index >= 15 is 0 Å². The molecule has 0 fully saturated rings. The van der Waals surface area contributed by atoms with Gasteiger partial charge in [-0.25, -0.2) is 0 Å². The number of nitrogens with two attached hydrogens (primary N) is 4. The molecule has 2 aromatic carbocycles. The van der Waals surface area contributed by atoms with E-state index in [1.807, 2.05) is 48.5 Å². The Kier molecular flexibility index (Phi) is 26.3. The summed E-state index contributed by atoms with van der Waals surface area (Å²) in [5.74, 6) is -5.17. The van der Waals surface area contributed by atoms with Crippen LogP contribution in [0.3, 0.4) is 0 Å². The standard InChI is InChI=1S/2C10H11NO2.2C8H10N2O2.2C4H9NO2/c2*12-10(13)9-5-7-3-1-2-4-8(7)6-11-9;2*9-7(8(11)12)5-6-1-3-10-4-2-6;2*1-3(5)2-4(6)7/h2*1-4,9,11H,5-6H2,(H,12,13);2*1-4,7H,5,9H2,(H,11,12);2*3H,2,5H2,1H3,(H,6,7). The third-order valence-electron chi connectivity index (χ3n) is 8.80. The second kappa shape index (κ2) is 30.4. The Hall–Kier alpha value is -6.68. The molecule has 6 unspecified atom stereocenters. The summed E-state index contributed by atoms with van der Waals surface area (Å²) in [6.07, 6.45) is 8.44. The zero-order valence-electron chi connectivity index (χ0n) is 35.7. The molecular weight excluding hydrogens is 833 g/mol. The van der Waals surface area contributed by atoms with Gasteiger partial charge >= 0.3 is 35.8 Å². The highest BCUT2D eigenvalue weighted by atomic mass is 16.4. The van der Waals surface area contributed by atoms with Crippen LogP contribution < -0.4 is 33.6 Å². The summed E-state index contributed by atoms with van der Waals surface area (Å²) in [6.45, 7) is 4.64. The number of pyridine rings is 2. The highest BCUT2D eigenvalue weighted by Gasteiger charge is 2.24. The monoisotopic (exact) mass is 892 g/mol. The van der Waals surface area contributed by atoms with Crippen molar-refractivity contribution in [2.45, 2.75) is 102 Å². The van der Waals surface area contributed by atoms with Crippen LogP contribution in [-0.4, -0.2) is 113 Å². The molecule has 64 heavy (non-hydrogen) atoms. The number of carboxylic acid groups (broad SMARTS) is 6. The smallest absolute Gasteiger partial charge is 0.321 e. The molecule has 2 aliphatic heterocycles. The van der Waals surface area contributed by atoms with E-state index in [1.54, 1.807) is 62.9 Å². The van der Waals surface area contributed by atoms with E-state index < -0.39 is 60.0 Å². The summed E-state index contributed by atoms with van der Waals surface area (Å²) >= 11 is 0. The van der Waals surface area contributed by atoms with E-state index in [0.717, 1.165) is 22.3 Å². The molecule has 0 saturated heterocycles. The number of carboxylic acids is 6. The Bertz CT molecular complexity index is 1900. The molecule has 6 atom stereocenters. The first-order chi connectivity index (χ1) is 30.2. The van der Waals surface area contributed by atoms with Crippen molar-refractivity contribution < 1.29 is 59.4 Å². The average Bonchev–Trinajstić information content (AvgIpc) is 3.24. The zero-order valence-corrected chi connectivity index (χ0v) is 35.7. The maximum Gasteiger partial charge on any atom is 0.321 e. The van der Waals surface area contributed by atoms with Gasteiger partial charge in [0.2, 0.25) is 0 Å². The fourth-order valence-corrected chi connectivity index (χ4v) is 5.53. The Labute approximate surface area is 370 Å². The second-order valence-corrected chi connectivity index (χ2v) is 14.6. The van der Waals surface area contributed by atoms with Crippen LogP contribution in [0.25, 0.3) is 0 Å². The van der Waals surface area contributed by atoms with E-state index in [2.05, 4.69) is 20.6 Å². The molecule has 4 aromatic rings. The molecule has 4 heterocycles. The van der Waals surface area contributed by atoms with E-state index in [0.29, 0.717) is 38.8 Å². The van der Waals surface area contributed by atoms with E-state index in [4.69, 9.17) is 53.6 Å². The first kappa shape index (κ1) is 55.3. The summed E-state index contributed by atoms with van der Waals surface area (Å²) in [7, 11) is 0. The number of nitrogens with zero attached hydrogens (tertiary/aromatic N) is 2. The van der Waals surface area contributed by atoms with Gasteiger partial charge in [-0.15, -0.1) is 0 Å². The number of fused-ring (bicyclic) bond motifs is 2. The molecule has 0 amide bonds. The number of aromatic nitrogens is 2. The van der Waals surface area contributed by atoms with Gasteiger partial charge in [0, 0.05) is 50.0 Å². The Balaban J connectivity index is 0.000000391. The van der Waals surface area contributed by atoms with Crippen molar-refractivity contribution in [2.24, 2.45) is 22.9 Å². The van der Waals surface area contributed by atoms with Crippen molar-refractivity contribution in [3.8, 4) is 0 Å². The van der Waals surface area contributed by atoms with E-state index in [1.165, 1.54) is 11.1 Å². The van der Waals surface area contributed by atoms with Crippen molar-refractivity contribution >= 4 is 35.8 Å². The molecule has 0 bridgehead atoms. The number of aliphatic carboxylic acids is 6. The highest BCUT2D eigenvalue weighted by Crippen LogP contribution is 2.17. The van der Waals surface area contributed by atoms with Gasteiger partial charge in [-0.3, -0.25) is 38.7 Å². The molecule has 20 nitrogen and oxygen atoms in total. The van der Waals surface area contributed by atoms with Crippen LogP contribution in [0.5, 0.6) is 0 Å². The summed E-state index contributed by atoms with van der Waals surface area (Å²) in [5.41, 5.74) is 27.4. The minimum absolute atomic E-state index is 0.0556. The molecule has 0 radical (unpaired) electrons. The van der Waals surface area contributed by atoms with Crippen LogP contribution in [0.1, 0.15) is 60.1 Å². The molecule has 16 N–H and O–H groups in total. The number of carbonyl (C=O) groups is 6. The van der Waals surface area contributed by atoms with Crippen molar-refractivity contribution in [1.29, 1.82) is 0 Å². The maximum atomic E-state index is 10.7. The lowest BCUT2D eigenvalue weighted by molar-refractivity contribution is -0.140. The predicted octanol–water partition coefficient (Wildman–Crippen LogP) is 1.26. The maximum absolute atomic E-state index is 10.7. The lowest BCUT2D eigenvalue weighted by Crippen LogP contribution is -2.41. The van der Waals surface area contributed by atoms with Gasteiger partial charge in [0.15, 0.2) is 0 Å². The minimum Gasteiger partial charge on any atom is -0.481 e. The van der Waals surface area contributed by atoms with Gasteiger partial charge in [-0.2, -0.15) is 0 Å². The summed E-state index contributed by atoms with van der Waals surface area (Å²) < 4.78 is 0. The quantitative estimate of drug-likeness (QED) is 0.0952. The number of hydrogen-bond acceptors (Lipinski definition) is 14. The van der Waals surface area contributed by atoms with Crippen LogP contribution in [0.15, 0.2) is 97.6 Å². The van der Waals surface area contributed by atoms with Crippen molar-refractivity contribution in [3.63, 3.8) is 0 Å². The van der Waals surface area contributed by atoms with E-state index in [9.17, 15) is 28.8 Å². The predicted molar refractivity (Wildman–Crippen MR) is 236 cm³/mol. The Morgan fingerprint density at radius 3 is 1.06 bits per heavy atom. The van der Waals surface area contributed by atoms with Crippen molar-refractivity contribution in [2.75, 3.05) is 0 Å². The largest absolute Gasteiger partial charge is 0.481 e. The van der Waals surface area contributed by atoms with Gasteiger partial charge in [0.25, 0.3) is 0 Å². The summed E-state index contributed by atoms with van der Waals surface area (Å²) in [6, 6.07) is 19.9. The number of hydrogen-bond donors (Lipinski definition) is 12. The van der Waals surface area contributed by atoms with E-state index in [-0.39, 0.29) is 24.9 Å². The van der Waals surface area contributed by atoms with Gasteiger partial charge in [-0.05, 0) is 97.2 Å². The molecule has 6 rings (SSSR count). The second-order valence-electron chi connectivity index (χ2n) is 14.6. The van der Waals surface area contributed by atoms with Crippen LogP contribution in [0.4, 0.5) is 0 Å². The lowest BCUT2D eigenvalue weighted by atomic mass is 9.96. The van der Waals surface area contributed by atoms with Gasteiger partial charge in [-0.1, -0.05) is 48.5 Å². The van der Waals surface area contributed by atoms with Crippen LogP contribution >= 0.6 is 0 Å². The number of rotatable bonds is 12. The molecule has 0 saturated carbocycles. The minimum atomic E-state index is -0.980. The highest BCUT2D eigenvalue weighted by molar-refractivity contribution is 5.75. The van der Waals surface area contributed by atoms with Crippen LogP contribution in [0, 0.1) is 0 Å². The van der Waals surface area contributed by atoms with Crippen molar-refractivity contribution in [3.05, 3.63) is 131 Å². The first-order valence-corrected chi connectivity index (χ1v) is 19.9. The summed E-state index contributed by atoms with van der Waals surface area (Å²) in [4.78, 5) is 69.2. The van der Waals surface area contributed by atoms with Gasteiger partial charge < -0.3 is 64.2 Å². The Morgan fingerprint density at radius 2 is 0.828 bits per heavy atom. The Morgan fingerprint density at radius 1 is 0.531 bits per heavy atom. The fraction of sp³-hybridized carbons (Fsp3) is 0.364. The molecule has 20 heteroatoms. The van der Waals surface area contributed by atoms with Crippen molar-refractivity contribution in [1.82, 2.24) is 20.6 Å². The topological polar surface area (TPSA) is 378 Å². The summed E-state index contributed by atoms with van der Waals surface area (Å²) in [5, 5.41) is 56.6. The third-order valence-corrected chi connectivity index (χ3v) is 8.80. The molecule has 2 aromatic heterocycles. The van der Waals surface area contributed by atoms with Crippen LogP contribution in [0.2, 0.25) is 0 Å². The molecule has 2 aliphatic rings. The lowest BCUT2D eigenvalue weighted by Gasteiger charge is -2.22. The zero-order chi connectivity index (χ0) is 48.2. The van der Waals surface area contributed by atoms with Gasteiger partial charge in [0.05, 0.1) is 12.8 Å². The fourth-order valence-electron chi connectivity index (χ4n) is 5.53. The SMILES string of the molecule is CC(N)CC(=O)O.CC(N)CC(=O)O.NC(Cc1ccncc1)C(=O)O.NC(Cc1ccncc1)C(=O)O.O=C(O)C1Cc2ccccc2CN1.O=C(O)C1Cc2ccccc2CN1. The van der Waals surface area contributed by atoms with Gasteiger partial charge in [0.1, 0.15) is 24.2 Å². The molecule has 348 valence electrons. The molecule has 0 spiro atoms. The van der Waals surface area contributed by atoms with Crippen LogP contribution in [-0.2, 0) is 67.5 Å². The third kappa shape index (κ3) is 24.7. The number of benzene rings is 2. The number of nitrogens with one attached hydrogen (secondary N) is 2. The molecular formula is C44H60N8O12. The average molecular weight is 893 g/mol. The normalized spacial score (nSPS) is 16.0. The first-order valence-electron chi connectivity index (χ1n) is 19.9.